The maximum atomic E-state index is 13.7. The van der Waals surface area contributed by atoms with E-state index in [4.69, 9.17) is 18.9 Å². The number of methoxy groups -OCH3 is 3. The Hall–Kier alpha value is -4.58. The number of phenols is 2. The van der Waals surface area contributed by atoms with Gasteiger partial charge < -0.3 is 34.5 Å². The monoisotopic (exact) mass is 666 g/mol. The Morgan fingerprint density at radius 2 is 1.79 bits per heavy atom. The van der Waals surface area contributed by atoms with E-state index in [2.05, 4.69) is 10.3 Å². The predicted octanol–water partition coefficient (Wildman–Crippen LogP) is 6.21. The molecule has 2 heterocycles. The number of benzene rings is 2. The highest BCUT2D eigenvalue weighted by Crippen LogP contribution is 2.47. The van der Waals surface area contributed by atoms with Crippen molar-refractivity contribution in [1.82, 2.24) is 10.3 Å². The van der Waals surface area contributed by atoms with Crippen molar-refractivity contribution in [3.05, 3.63) is 62.6 Å². The molecular weight excluding hydrogens is 624 g/mol. The van der Waals surface area contributed by atoms with Crippen LogP contribution in [0.15, 0.2) is 29.7 Å². The fourth-order valence-electron chi connectivity index (χ4n) is 5.64. The van der Waals surface area contributed by atoms with E-state index in [1.165, 1.54) is 38.7 Å². The van der Waals surface area contributed by atoms with E-state index in [9.17, 15) is 24.6 Å². The summed E-state index contributed by atoms with van der Waals surface area (Å²) in [5.41, 5.74) is 1.23. The summed E-state index contributed by atoms with van der Waals surface area (Å²) >= 11 is 1.47. The third-order valence-corrected chi connectivity index (χ3v) is 8.83. The van der Waals surface area contributed by atoms with Crippen molar-refractivity contribution in [3.63, 3.8) is 0 Å². The molecule has 3 N–H and O–H groups in total. The van der Waals surface area contributed by atoms with Gasteiger partial charge in [0.25, 0.3) is 0 Å². The first-order valence-electron chi connectivity index (χ1n) is 15.5. The number of carbonyl (C=O) groups excluding carboxylic acids is 3. The number of hydrogen-bond donors (Lipinski definition) is 3. The third kappa shape index (κ3) is 8.82. The number of cyclic esters (lactones) is 1. The summed E-state index contributed by atoms with van der Waals surface area (Å²) in [6, 6.07) is 4.65. The van der Waals surface area contributed by atoms with Crippen molar-refractivity contribution >= 4 is 35.1 Å². The van der Waals surface area contributed by atoms with Gasteiger partial charge in [0.15, 0.2) is 11.5 Å². The first-order valence-corrected chi connectivity index (χ1v) is 16.4. The maximum Gasteiger partial charge on any atom is 0.342 e. The molecule has 1 aliphatic rings. The summed E-state index contributed by atoms with van der Waals surface area (Å²) in [7, 11) is 4.38. The van der Waals surface area contributed by atoms with Gasteiger partial charge in [-0.05, 0) is 68.9 Å². The molecule has 3 aromatic rings. The number of amides is 1. The van der Waals surface area contributed by atoms with Gasteiger partial charge in [-0.25, -0.2) is 9.78 Å². The lowest BCUT2D eigenvalue weighted by atomic mass is 9.84. The van der Waals surface area contributed by atoms with E-state index in [-0.39, 0.29) is 47.1 Å². The Labute approximate surface area is 278 Å². The summed E-state index contributed by atoms with van der Waals surface area (Å²) in [5.74, 6) is -1.89. The minimum Gasteiger partial charge on any atom is -0.507 e. The lowest BCUT2D eigenvalue weighted by Gasteiger charge is -2.24. The molecule has 0 saturated heterocycles. The molecule has 0 saturated carbocycles. The van der Waals surface area contributed by atoms with Gasteiger partial charge >= 0.3 is 5.97 Å². The number of fused-ring (bicyclic) bond motifs is 1. The number of phenolic OH excluding ortho intramolecular Hbond substituents is 2. The van der Waals surface area contributed by atoms with Crippen LogP contribution in [0.1, 0.15) is 95.5 Å². The number of nitrogens with zero attached hydrogens (tertiary/aromatic N) is 1. The topological polar surface area (TPSA) is 154 Å². The standard InChI is InChI=1S/C35H42N2O9S/c1-20-10-9-13-25(38)12-8-6-7-11-22-14-27(39)32(33(41)31(22)35(42)46-20)26(17-30(40)36-18-24-19-47-21(2)37-24)23-15-28(43-3)34(45-5)29(16-23)44-4/h7,11,14-16,19-20,26,39,41H,6,8-10,12-13,17-18H2,1-5H3,(H,36,40)/t20-,26?/m0/s1. The second-order valence-corrected chi connectivity index (χ2v) is 12.5. The van der Waals surface area contributed by atoms with Crippen LogP contribution >= 0.6 is 11.3 Å². The van der Waals surface area contributed by atoms with E-state index in [0.717, 1.165) is 5.01 Å². The first kappa shape index (κ1) is 35.3. The number of aryl methyl sites for hydroxylation is 1. The van der Waals surface area contributed by atoms with Gasteiger partial charge in [-0.2, -0.15) is 0 Å². The van der Waals surface area contributed by atoms with Crippen molar-refractivity contribution in [2.24, 2.45) is 0 Å². The number of thiazole rings is 1. The zero-order valence-corrected chi connectivity index (χ0v) is 28.2. The molecule has 2 atom stereocenters. The number of esters is 1. The molecule has 1 unspecified atom stereocenters. The number of carbonyl (C=O) groups is 3. The average Bonchev–Trinajstić information content (AvgIpc) is 3.46. The highest BCUT2D eigenvalue weighted by Gasteiger charge is 2.32. The Balaban J connectivity index is 1.84. The van der Waals surface area contributed by atoms with E-state index in [1.54, 1.807) is 31.2 Å². The molecule has 2 aromatic carbocycles. The molecular formula is C35H42N2O9S. The lowest BCUT2D eigenvalue weighted by molar-refractivity contribution is -0.121. The highest BCUT2D eigenvalue weighted by molar-refractivity contribution is 7.09. The molecule has 252 valence electrons. The van der Waals surface area contributed by atoms with Gasteiger partial charge in [0.05, 0.1) is 44.7 Å². The molecule has 47 heavy (non-hydrogen) atoms. The quantitative estimate of drug-likeness (QED) is 0.225. The van der Waals surface area contributed by atoms with Crippen LogP contribution in [-0.2, 0) is 20.9 Å². The molecule has 12 heteroatoms. The fourth-order valence-corrected chi connectivity index (χ4v) is 6.26. The zero-order valence-electron chi connectivity index (χ0n) is 27.4. The number of ether oxygens (including phenoxy) is 4. The van der Waals surface area contributed by atoms with Crippen molar-refractivity contribution in [3.8, 4) is 28.7 Å². The third-order valence-electron chi connectivity index (χ3n) is 8.01. The molecule has 0 aliphatic carbocycles. The smallest absolute Gasteiger partial charge is 0.342 e. The van der Waals surface area contributed by atoms with Crippen molar-refractivity contribution in [2.45, 2.75) is 77.4 Å². The Kier molecular flexibility index (Phi) is 12.2. The van der Waals surface area contributed by atoms with E-state index >= 15 is 0 Å². The second-order valence-electron chi connectivity index (χ2n) is 11.4. The van der Waals surface area contributed by atoms with Crippen LogP contribution in [0, 0.1) is 6.92 Å². The summed E-state index contributed by atoms with van der Waals surface area (Å²) in [6.07, 6.45) is 5.76. The lowest BCUT2D eigenvalue weighted by Crippen LogP contribution is -2.25. The van der Waals surface area contributed by atoms with Gasteiger partial charge in [0.1, 0.15) is 22.8 Å². The van der Waals surface area contributed by atoms with Crippen LogP contribution in [0.5, 0.6) is 28.7 Å². The summed E-state index contributed by atoms with van der Waals surface area (Å²) in [5, 5.41) is 28.9. The highest BCUT2D eigenvalue weighted by atomic mass is 32.1. The van der Waals surface area contributed by atoms with Gasteiger partial charge in [-0.15, -0.1) is 11.3 Å². The molecule has 4 rings (SSSR count). The van der Waals surface area contributed by atoms with Gasteiger partial charge in [-0.1, -0.05) is 12.2 Å². The summed E-state index contributed by atoms with van der Waals surface area (Å²) in [6.45, 7) is 3.79. The number of allylic oxidation sites excluding steroid dienone is 1. The number of ketones is 1. The van der Waals surface area contributed by atoms with Gasteiger partial charge in [0, 0.05) is 36.1 Å². The van der Waals surface area contributed by atoms with Crippen molar-refractivity contribution in [1.29, 1.82) is 0 Å². The van der Waals surface area contributed by atoms with Crippen LogP contribution < -0.4 is 19.5 Å². The molecule has 0 bridgehead atoms. The normalized spacial score (nSPS) is 16.4. The number of Topliss-reactive ketones (excluding diaryl/α,β-unsaturated/α-hetero) is 1. The van der Waals surface area contributed by atoms with Crippen LogP contribution in [-0.4, -0.2) is 60.3 Å². The number of rotatable bonds is 9. The fraction of sp³-hybridized carbons (Fsp3) is 0.429. The predicted molar refractivity (Wildman–Crippen MR) is 178 cm³/mol. The molecule has 1 amide bonds. The van der Waals surface area contributed by atoms with Crippen LogP contribution in [0.25, 0.3) is 6.08 Å². The van der Waals surface area contributed by atoms with Crippen molar-refractivity contribution < 1.29 is 43.5 Å². The molecule has 11 nitrogen and oxygen atoms in total. The van der Waals surface area contributed by atoms with Crippen LogP contribution in [0.4, 0.5) is 0 Å². The van der Waals surface area contributed by atoms with E-state index < -0.39 is 23.7 Å². The number of nitrogens with one attached hydrogen (secondary N) is 1. The second kappa shape index (κ2) is 16.3. The Morgan fingerprint density at radius 1 is 1.09 bits per heavy atom. The zero-order chi connectivity index (χ0) is 34.1. The number of hydrogen-bond acceptors (Lipinski definition) is 11. The molecule has 0 radical (unpaired) electrons. The maximum absolute atomic E-state index is 13.7. The molecule has 1 aromatic heterocycles. The van der Waals surface area contributed by atoms with E-state index in [0.29, 0.717) is 67.0 Å². The molecule has 0 fully saturated rings. The summed E-state index contributed by atoms with van der Waals surface area (Å²) in [4.78, 5) is 43.7. The van der Waals surface area contributed by atoms with Gasteiger partial charge in [0.2, 0.25) is 11.7 Å². The Morgan fingerprint density at radius 3 is 2.43 bits per heavy atom. The van der Waals surface area contributed by atoms with E-state index in [1.807, 2.05) is 12.3 Å². The SMILES string of the molecule is COc1cc(C(CC(=O)NCc2csc(C)n2)c2c(O)cc3c(c2O)C(=O)O[C@@H](C)CCCC(=O)CCCC=C3)cc(OC)c1OC. The summed E-state index contributed by atoms with van der Waals surface area (Å²) < 4.78 is 22.3. The minimum atomic E-state index is -0.973. The Bertz CT molecular complexity index is 1610. The molecule has 0 spiro atoms. The molecule has 1 aliphatic heterocycles. The average molecular weight is 667 g/mol. The number of aromatic nitrogens is 1. The first-order chi connectivity index (χ1) is 22.6. The minimum absolute atomic E-state index is 0.0395. The van der Waals surface area contributed by atoms with Crippen LogP contribution in [0.3, 0.4) is 0 Å². The van der Waals surface area contributed by atoms with Gasteiger partial charge in [-0.3, -0.25) is 9.59 Å². The van der Waals surface area contributed by atoms with Crippen molar-refractivity contribution in [2.75, 3.05) is 21.3 Å². The largest absolute Gasteiger partial charge is 0.507 e. The van der Waals surface area contributed by atoms with Crippen LogP contribution in [0.2, 0.25) is 0 Å². The number of aromatic hydroxyl groups is 2.